The largest absolute Gasteiger partial charge is 0.481 e. The lowest BCUT2D eigenvalue weighted by Gasteiger charge is -2.32. The van der Waals surface area contributed by atoms with Crippen molar-refractivity contribution in [3.63, 3.8) is 0 Å². The third kappa shape index (κ3) is 1.28. The highest BCUT2D eigenvalue weighted by Gasteiger charge is 2.54. The molecule has 2 saturated carbocycles. The van der Waals surface area contributed by atoms with E-state index >= 15 is 0 Å². The molecule has 78 valence electrons. The SMILES string of the molecule is CC=CCC1(C(=O)O)CC2CCC1C2. The van der Waals surface area contributed by atoms with Crippen molar-refractivity contribution in [3.8, 4) is 0 Å². The summed E-state index contributed by atoms with van der Waals surface area (Å²) in [5.74, 6) is 0.574. The van der Waals surface area contributed by atoms with E-state index in [-0.39, 0.29) is 0 Å². The zero-order valence-electron chi connectivity index (χ0n) is 8.70. The number of aliphatic carboxylic acids is 1. The van der Waals surface area contributed by atoms with Gasteiger partial charge in [0, 0.05) is 0 Å². The summed E-state index contributed by atoms with van der Waals surface area (Å²) in [6.45, 7) is 1.96. The fourth-order valence-corrected chi connectivity index (χ4v) is 3.37. The Balaban J connectivity index is 2.19. The minimum absolute atomic E-state index is 0.407. The van der Waals surface area contributed by atoms with Crippen molar-refractivity contribution in [1.82, 2.24) is 0 Å². The fraction of sp³-hybridized carbons (Fsp3) is 0.750. The van der Waals surface area contributed by atoms with E-state index in [1.807, 2.05) is 19.1 Å². The Morgan fingerprint density at radius 1 is 1.57 bits per heavy atom. The lowest BCUT2D eigenvalue weighted by molar-refractivity contribution is -0.152. The van der Waals surface area contributed by atoms with Crippen LogP contribution >= 0.6 is 0 Å². The van der Waals surface area contributed by atoms with E-state index in [1.54, 1.807) is 0 Å². The van der Waals surface area contributed by atoms with Gasteiger partial charge in [-0.15, -0.1) is 0 Å². The highest BCUT2D eigenvalue weighted by molar-refractivity contribution is 5.76. The summed E-state index contributed by atoms with van der Waals surface area (Å²) in [5, 5.41) is 9.38. The molecule has 2 bridgehead atoms. The number of hydrogen-bond acceptors (Lipinski definition) is 1. The van der Waals surface area contributed by atoms with Crippen molar-refractivity contribution in [2.75, 3.05) is 0 Å². The number of carbonyl (C=O) groups is 1. The third-order valence-corrected chi connectivity index (χ3v) is 4.12. The second-order valence-electron chi connectivity index (χ2n) is 4.81. The Labute approximate surface area is 85.0 Å². The molecule has 0 aromatic carbocycles. The highest BCUT2D eigenvalue weighted by atomic mass is 16.4. The topological polar surface area (TPSA) is 37.3 Å². The summed E-state index contributed by atoms with van der Waals surface area (Å²) in [7, 11) is 0. The summed E-state index contributed by atoms with van der Waals surface area (Å²) in [6.07, 6.45) is 9.19. The second-order valence-corrected chi connectivity index (χ2v) is 4.81. The highest BCUT2D eigenvalue weighted by Crippen LogP contribution is 2.57. The van der Waals surface area contributed by atoms with Crippen LogP contribution in [0.4, 0.5) is 0 Å². The van der Waals surface area contributed by atoms with E-state index in [4.69, 9.17) is 0 Å². The Morgan fingerprint density at radius 3 is 2.79 bits per heavy atom. The van der Waals surface area contributed by atoms with Gasteiger partial charge in [0.2, 0.25) is 0 Å². The molecular formula is C12H18O2. The molecule has 2 fully saturated rings. The first-order valence-electron chi connectivity index (χ1n) is 5.53. The van der Waals surface area contributed by atoms with Crippen LogP contribution in [0.5, 0.6) is 0 Å². The average Bonchev–Trinajstić information content (AvgIpc) is 2.74. The van der Waals surface area contributed by atoms with Crippen molar-refractivity contribution in [2.45, 2.75) is 39.0 Å². The molecule has 2 rings (SSSR count). The molecule has 3 unspecified atom stereocenters. The third-order valence-electron chi connectivity index (χ3n) is 4.12. The predicted molar refractivity (Wildman–Crippen MR) is 54.9 cm³/mol. The van der Waals surface area contributed by atoms with E-state index in [0.717, 1.165) is 25.7 Å². The van der Waals surface area contributed by atoms with Crippen molar-refractivity contribution in [1.29, 1.82) is 0 Å². The molecule has 2 heteroatoms. The van der Waals surface area contributed by atoms with Gasteiger partial charge in [-0.05, 0) is 44.4 Å². The number of hydrogen-bond donors (Lipinski definition) is 1. The maximum absolute atomic E-state index is 11.4. The van der Waals surface area contributed by atoms with Crippen molar-refractivity contribution < 1.29 is 9.90 Å². The maximum Gasteiger partial charge on any atom is 0.310 e. The molecule has 0 aromatic heterocycles. The number of fused-ring (bicyclic) bond motifs is 2. The number of allylic oxidation sites excluding steroid dienone is 2. The number of carboxylic acids is 1. The first-order chi connectivity index (χ1) is 6.69. The average molecular weight is 194 g/mol. The molecule has 1 N–H and O–H groups in total. The van der Waals surface area contributed by atoms with Crippen LogP contribution in [0.3, 0.4) is 0 Å². The van der Waals surface area contributed by atoms with Gasteiger partial charge in [0.1, 0.15) is 0 Å². The molecule has 14 heavy (non-hydrogen) atoms. The zero-order valence-corrected chi connectivity index (χ0v) is 8.70. The molecule has 0 heterocycles. The van der Waals surface area contributed by atoms with Crippen molar-refractivity contribution in [3.05, 3.63) is 12.2 Å². The molecule has 2 aliphatic carbocycles. The lowest BCUT2D eigenvalue weighted by Crippen LogP contribution is -2.35. The van der Waals surface area contributed by atoms with Crippen LogP contribution in [-0.2, 0) is 4.79 Å². The van der Waals surface area contributed by atoms with Crippen LogP contribution in [0.15, 0.2) is 12.2 Å². The monoisotopic (exact) mass is 194 g/mol. The smallest absolute Gasteiger partial charge is 0.310 e. The Bertz CT molecular complexity index is 269. The van der Waals surface area contributed by atoms with Gasteiger partial charge in [0.05, 0.1) is 5.41 Å². The van der Waals surface area contributed by atoms with Crippen LogP contribution in [-0.4, -0.2) is 11.1 Å². The van der Waals surface area contributed by atoms with Crippen LogP contribution in [0.1, 0.15) is 39.0 Å². The molecule has 0 aromatic rings. The van der Waals surface area contributed by atoms with Crippen LogP contribution in [0.2, 0.25) is 0 Å². The Kier molecular flexibility index (Phi) is 2.38. The number of carboxylic acid groups (broad SMARTS) is 1. The summed E-state index contributed by atoms with van der Waals surface area (Å²) in [5.41, 5.74) is -0.407. The van der Waals surface area contributed by atoms with Crippen LogP contribution in [0.25, 0.3) is 0 Å². The van der Waals surface area contributed by atoms with E-state index in [1.165, 1.54) is 6.42 Å². The van der Waals surface area contributed by atoms with Gasteiger partial charge in [0.15, 0.2) is 0 Å². The van der Waals surface area contributed by atoms with Crippen molar-refractivity contribution >= 4 is 5.97 Å². The lowest BCUT2D eigenvalue weighted by atomic mass is 9.71. The van der Waals surface area contributed by atoms with Gasteiger partial charge >= 0.3 is 5.97 Å². The zero-order chi connectivity index (χ0) is 10.2. The second kappa shape index (κ2) is 3.41. The molecule has 3 atom stereocenters. The van der Waals surface area contributed by atoms with E-state index in [0.29, 0.717) is 11.8 Å². The maximum atomic E-state index is 11.4. The molecular weight excluding hydrogens is 176 g/mol. The van der Waals surface area contributed by atoms with Gasteiger partial charge in [-0.2, -0.15) is 0 Å². The van der Waals surface area contributed by atoms with Gasteiger partial charge in [-0.1, -0.05) is 18.6 Å². The van der Waals surface area contributed by atoms with E-state index < -0.39 is 11.4 Å². The van der Waals surface area contributed by atoms with E-state index in [9.17, 15) is 9.90 Å². The first kappa shape index (κ1) is 9.75. The van der Waals surface area contributed by atoms with Crippen LogP contribution in [0, 0.1) is 17.3 Å². The molecule has 0 saturated heterocycles. The molecule has 0 amide bonds. The van der Waals surface area contributed by atoms with Crippen LogP contribution < -0.4 is 0 Å². The first-order valence-corrected chi connectivity index (χ1v) is 5.53. The minimum atomic E-state index is -0.567. The molecule has 0 aliphatic heterocycles. The van der Waals surface area contributed by atoms with E-state index in [2.05, 4.69) is 0 Å². The van der Waals surface area contributed by atoms with Gasteiger partial charge in [-0.3, -0.25) is 4.79 Å². The standard InChI is InChI=1S/C12H18O2/c1-2-3-6-12(11(13)14)8-9-4-5-10(12)7-9/h2-3,9-10H,4-8H2,1H3,(H,13,14). The van der Waals surface area contributed by atoms with Gasteiger partial charge in [0.25, 0.3) is 0 Å². The molecule has 2 aliphatic rings. The quantitative estimate of drug-likeness (QED) is 0.701. The summed E-state index contributed by atoms with van der Waals surface area (Å²) in [6, 6.07) is 0. The van der Waals surface area contributed by atoms with Gasteiger partial charge < -0.3 is 5.11 Å². The predicted octanol–water partition coefficient (Wildman–Crippen LogP) is 2.84. The summed E-state index contributed by atoms with van der Waals surface area (Å²) < 4.78 is 0. The number of rotatable bonds is 3. The summed E-state index contributed by atoms with van der Waals surface area (Å²) >= 11 is 0. The molecule has 0 radical (unpaired) electrons. The van der Waals surface area contributed by atoms with Crippen molar-refractivity contribution in [2.24, 2.45) is 17.3 Å². The summed E-state index contributed by atoms with van der Waals surface area (Å²) in [4.78, 5) is 11.4. The molecule has 0 spiro atoms. The molecule has 2 nitrogen and oxygen atoms in total. The fourth-order valence-electron chi connectivity index (χ4n) is 3.37. The Morgan fingerprint density at radius 2 is 2.36 bits per heavy atom. The van der Waals surface area contributed by atoms with Gasteiger partial charge in [-0.25, -0.2) is 0 Å². The minimum Gasteiger partial charge on any atom is -0.481 e. The Hall–Kier alpha value is -0.790. The normalized spacial score (nSPS) is 40.9.